The molecule has 0 atom stereocenters. The molecule has 0 radical (unpaired) electrons. The zero-order chi connectivity index (χ0) is 13.4. The van der Waals surface area contributed by atoms with Crippen molar-refractivity contribution in [3.63, 3.8) is 0 Å². The molecule has 0 fully saturated rings. The smallest absolute Gasteiger partial charge is 0.266 e. The van der Waals surface area contributed by atoms with Gasteiger partial charge in [-0.15, -0.1) is 0 Å². The Hall–Kier alpha value is -1.89. The minimum Gasteiger partial charge on any atom is -0.266 e. The first-order valence-corrected chi connectivity index (χ1v) is 5.72. The molecule has 0 amide bonds. The van der Waals surface area contributed by atoms with Crippen molar-refractivity contribution in [1.29, 1.82) is 0 Å². The van der Waals surface area contributed by atoms with Gasteiger partial charge in [-0.3, -0.25) is 14.8 Å². The van der Waals surface area contributed by atoms with E-state index in [0.29, 0.717) is 5.69 Å². The summed E-state index contributed by atoms with van der Waals surface area (Å²) < 4.78 is 2.96. The van der Waals surface area contributed by atoms with Gasteiger partial charge in [0, 0.05) is 19.3 Å². The minimum absolute atomic E-state index is 0.0335. The van der Waals surface area contributed by atoms with E-state index in [0.717, 1.165) is 0 Å². The Labute approximate surface area is 108 Å². The summed E-state index contributed by atoms with van der Waals surface area (Å²) in [7, 11) is 1.70. The van der Waals surface area contributed by atoms with Crippen molar-refractivity contribution in [3.05, 3.63) is 27.5 Å². The van der Waals surface area contributed by atoms with Gasteiger partial charge in [-0.1, -0.05) is 11.6 Å². The van der Waals surface area contributed by atoms with Crippen LogP contribution in [0.15, 0.2) is 12.3 Å². The van der Waals surface area contributed by atoms with Crippen molar-refractivity contribution in [3.8, 4) is 11.4 Å². The van der Waals surface area contributed by atoms with Crippen molar-refractivity contribution < 1.29 is 4.92 Å². The standard InChI is InChI=1S/C10H12ClN5O2/c1-6(2)15-10(11)9(16(17)18)8(13-15)7-4-5-12-14(7)3/h4-6H,1-3H3. The molecule has 7 nitrogen and oxygen atoms in total. The minimum atomic E-state index is -0.517. The van der Waals surface area contributed by atoms with Crippen LogP contribution in [0.5, 0.6) is 0 Å². The highest BCUT2D eigenvalue weighted by atomic mass is 35.5. The number of aryl methyl sites for hydroxylation is 1. The second kappa shape index (κ2) is 4.41. The van der Waals surface area contributed by atoms with Gasteiger partial charge in [0.05, 0.1) is 10.6 Å². The zero-order valence-corrected chi connectivity index (χ0v) is 10.9. The first-order chi connectivity index (χ1) is 8.43. The van der Waals surface area contributed by atoms with Gasteiger partial charge in [-0.2, -0.15) is 10.2 Å². The average molecular weight is 270 g/mol. The Kier molecular flexibility index (Phi) is 3.08. The molecular weight excluding hydrogens is 258 g/mol. The van der Waals surface area contributed by atoms with Crippen molar-refractivity contribution in [2.75, 3.05) is 0 Å². The maximum Gasteiger partial charge on any atom is 0.335 e. The van der Waals surface area contributed by atoms with E-state index in [1.165, 1.54) is 9.36 Å². The molecule has 0 unspecified atom stereocenters. The van der Waals surface area contributed by atoms with Gasteiger partial charge in [-0.05, 0) is 19.9 Å². The van der Waals surface area contributed by atoms with Gasteiger partial charge in [0.15, 0.2) is 5.69 Å². The van der Waals surface area contributed by atoms with Gasteiger partial charge in [-0.25, -0.2) is 4.68 Å². The molecular formula is C10H12ClN5O2. The topological polar surface area (TPSA) is 78.8 Å². The van der Waals surface area contributed by atoms with E-state index in [2.05, 4.69) is 10.2 Å². The maximum absolute atomic E-state index is 11.1. The number of nitro groups is 1. The Morgan fingerprint density at radius 1 is 1.50 bits per heavy atom. The predicted molar refractivity (Wildman–Crippen MR) is 66.5 cm³/mol. The molecule has 0 bridgehead atoms. The van der Waals surface area contributed by atoms with Crippen molar-refractivity contribution in [2.24, 2.45) is 7.05 Å². The van der Waals surface area contributed by atoms with E-state index in [9.17, 15) is 10.1 Å². The van der Waals surface area contributed by atoms with Crippen LogP contribution in [0.1, 0.15) is 19.9 Å². The fraction of sp³-hybridized carbons (Fsp3) is 0.400. The van der Waals surface area contributed by atoms with E-state index >= 15 is 0 Å². The van der Waals surface area contributed by atoms with E-state index in [1.807, 2.05) is 13.8 Å². The molecule has 0 aliphatic heterocycles. The summed E-state index contributed by atoms with van der Waals surface area (Å²) in [5.74, 6) is 0. The Bertz CT molecular complexity index is 601. The fourth-order valence-corrected chi connectivity index (χ4v) is 2.08. The average Bonchev–Trinajstić information content (AvgIpc) is 2.81. The van der Waals surface area contributed by atoms with Crippen LogP contribution in [0.2, 0.25) is 5.15 Å². The normalized spacial score (nSPS) is 11.2. The Morgan fingerprint density at radius 3 is 2.61 bits per heavy atom. The molecule has 2 heterocycles. The molecule has 0 aromatic carbocycles. The quantitative estimate of drug-likeness (QED) is 0.633. The lowest BCUT2D eigenvalue weighted by atomic mass is 10.3. The molecule has 96 valence electrons. The summed E-state index contributed by atoms with van der Waals surface area (Å²) in [6.45, 7) is 3.71. The summed E-state index contributed by atoms with van der Waals surface area (Å²) in [5.41, 5.74) is 0.607. The van der Waals surface area contributed by atoms with Crippen LogP contribution in [-0.2, 0) is 7.05 Å². The number of hydrogen-bond acceptors (Lipinski definition) is 4. The van der Waals surface area contributed by atoms with Gasteiger partial charge in [0.1, 0.15) is 0 Å². The highest BCUT2D eigenvalue weighted by Crippen LogP contribution is 2.36. The van der Waals surface area contributed by atoms with Crippen LogP contribution < -0.4 is 0 Å². The lowest BCUT2D eigenvalue weighted by Gasteiger charge is -2.04. The van der Waals surface area contributed by atoms with Gasteiger partial charge < -0.3 is 0 Å². The molecule has 0 saturated heterocycles. The second-order valence-electron chi connectivity index (χ2n) is 4.12. The molecule has 0 aliphatic carbocycles. The summed E-state index contributed by atoms with van der Waals surface area (Å²) >= 11 is 6.02. The van der Waals surface area contributed by atoms with Crippen molar-refractivity contribution in [2.45, 2.75) is 19.9 Å². The summed E-state index contributed by atoms with van der Waals surface area (Å²) in [5, 5.41) is 19.4. The van der Waals surface area contributed by atoms with E-state index < -0.39 is 4.92 Å². The molecule has 0 spiro atoms. The third-order valence-electron chi connectivity index (χ3n) is 2.56. The van der Waals surface area contributed by atoms with Crippen LogP contribution in [0.25, 0.3) is 11.4 Å². The van der Waals surface area contributed by atoms with Gasteiger partial charge in [0.25, 0.3) is 0 Å². The number of aromatic nitrogens is 4. The lowest BCUT2D eigenvalue weighted by Crippen LogP contribution is -2.03. The van der Waals surface area contributed by atoms with Crippen LogP contribution >= 0.6 is 11.6 Å². The van der Waals surface area contributed by atoms with Crippen LogP contribution in [-0.4, -0.2) is 24.5 Å². The molecule has 2 aromatic heterocycles. The Morgan fingerprint density at radius 2 is 2.17 bits per heavy atom. The van der Waals surface area contributed by atoms with E-state index in [4.69, 9.17) is 11.6 Å². The predicted octanol–water partition coefficient (Wildman–Crippen LogP) is 2.43. The van der Waals surface area contributed by atoms with Crippen LogP contribution in [0.3, 0.4) is 0 Å². The fourth-order valence-electron chi connectivity index (χ4n) is 1.69. The SMILES string of the molecule is CC(C)n1nc(-c2ccnn2C)c([N+](=O)[O-])c1Cl. The van der Waals surface area contributed by atoms with Crippen LogP contribution in [0.4, 0.5) is 5.69 Å². The molecule has 18 heavy (non-hydrogen) atoms. The van der Waals surface area contributed by atoms with Gasteiger partial charge >= 0.3 is 5.69 Å². The number of hydrogen-bond donors (Lipinski definition) is 0. The summed E-state index contributed by atoms with van der Waals surface area (Å²) in [6.07, 6.45) is 1.56. The van der Waals surface area contributed by atoms with Gasteiger partial charge in [0.2, 0.25) is 5.15 Å². The molecule has 0 saturated carbocycles. The zero-order valence-electron chi connectivity index (χ0n) is 10.2. The van der Waals surface area contributed by atoms with Crippen LogP contribution in [0, 0.1) is 10.1 Å². The molecule has 2 aromatic rings. The summed E-state index contributed by atoms with van der Waals surface area (Å²) in [6, 6.07) is 1.61. The second-order valence-corrected chi connectivity index (χ2v) is 4.48. The third-order valence-corrected chi connectivity index (χ3v) is 2.92. The largest absolute Gasteiger partial charge is 0.335 e. The van der Waals surface area contributed by atoms with E-state index in [1.54, 1.807) is 19.3 Å². The number of nitrogens with zero attached hydrogens (tertiary/aromatic N) is 5. The lowest BCUT2D eigenvalue weighted by molar-refractivity contribution is -0.384. The third kappa shape index (κ3) is 1.86. The molecule has 0 aliphatic rings. The monoisotopic (exact) mass is 269 g/mol. The number of rotatable bonds is 3. The van der Waals surface area contributed by atoms with Crippen molar-refractivity contribution >= 4 is 17.3 Å². The molecule has 0 N–H and O–H groups in total. The highest BCUT2D eigenvalue weighted by Gasteiger charge is 2.29. The first kappa shape index (κ1) is 12.6. The maximum atomic E-state index is 11.1. The first-order valence-electron chi connectivity index (χ1n) is 5.34. The highest BCUT2D eigenvalue weighted by molar-refractivity contribution is 6.32. The Balaban J connectivity index is 2.71. The summed E-state index contributed by atoms with van der Waals surface area (Å²) in [4.78, 5) is 10.6. The molecule has 8 heteroatoms. The molecule has 2 rings (SSSR count). The van der Waals surface area contributed by atoms with E-state index in [-0.39, 0.29) is 22.6 Å². The number of halogens is 1. The van der Waals surface area contributed by atoms with Crippen molar-refractivity contribution in [1.82, 2.24) is 19.6 Å².